The fourth-order valence-corrected chi connectivity index (χ4v) is 3.26. The van der Waals surface area contributed by atoms with Gasteiger partial charge in [-0.15, -0.1) is 0 Å². The predicted octanol–water partition coefficient (Wildman–Crippen LogP) is 2.87. The first-order valence-electron chi connectivity index (χ1n) is 10.4. The van der Waals surface area contributed by atoms with Gasteiger partial charge in [0.1, 0.15) is 0 Å². The van der Waals surface area contributed by atoms with E-state index in [1.165, 1.54) is 10.7 Å². The molecule has 0 amide bonds. The van der Waals surface area contributed by atoms with E-state index >= 15 is 0 Å². The first-order valence-corrected chi connectivity index (χ1v) is 10.4. The molecule has 3 rings (SSSR count). The Balaban J connectivity index is 1.69. The lowest BCUT2D eigenvalue weighted by Gasteiger charge is -2.10. The van der Waals surface area contributed by atoms with Gasteiger partial charge >= 0.3 is 5.97 Å². The normalized spacial score (nSPS) is 10.7. The van der Waals surface area contributed by atoms with Crippen LogP contribution in [0.25, 0.3) is 11.3 Å². The summed E-state index contributed by atoms with van der Waals surface area (Å²) in [7, 11) is 3.96. The van der Waals surface area contributed by atoms with Crippen LogP contribution in [0.1, 0.15) is 23.1 Å². The van der Waals surface area contributed by atoms with E-state index in [0.29, 0.717) is 17.9 Å². The van der Waals surface area contributed by atoms with Gasteiger partial charge in [-0.3, -0.25) is 9.59 Å². The summed E-state index contributed by atoms with van der Waals surface area (Å²) in [6, 6.07) is 19.8. The molecule has 7 nitrogen and oxygen atoms in total. The number of rotatable bonds is 9. The zero-order valence-corrected chi connectivity index (χ0v) is 18.3. The van der Waals surface area contributed by atoms with E-state index in [1.807, 2.05) is 49.3 Å². The third-order valence-electron chi connectivity index (χ3n) is 4.84. The van der Waals surface area contributed by atoms with E-state index in [9.17, 15) is 9.59 Å². The Morgan fingerprint density at radius 1 is 1.09 bits per heavy atom. The molecule has 0 aliphatic heterocycles. The average Bonchev–Trinajstić information content (AvgIpc) is 2.78. The summed E-state index contributed by atoms with van der Waals surface area (Å²) in [6.07, 6.45) is 0.972. The molecule has 0 fully saturated rings. The molecule has 2 aromatic carbocycles. The highest BCUT2D eigenvalue weighted by atomic mass is 16.5. The van der Waals surface area contributed by atoms with Crippen molar-refractivity contribution in [2.75, 3.05) is 27.2 Å². The van der Waals surface area contributed by atoms with Crippen LogP contribution in [-0.2, 0) is 22.5 Å². The van der Waals surface area contributed by atoms with Crippen LogP contribution < -0.4 is 5.56 Å². The van der Waals surface area contributed by atoms with Crippen molar-refractivity contribution in [3.8, 4) is 17.3 Å². The minimum Gasteiger partial charge on any atom is -0.465 e. The molecule has 32 heavy (non-hydrogen) atoms. The van der Waals surface area contributed by atoms with Crippen molar-refractivity contribution in [2.24, 2.45) is 0 Å². The van der Waals surface area contributed by atoms with E-state index in [0.717, 1.165) is 29.7 Å². The lowest BCUT2D eigenvalue weighted by atomic mass is 10.1. The Kier molecular flexibility index (Phi) is 7.90. The number of aromatic nitrogens is 2. The monoisotopic (exact) mass is 430 g/mol. The van der Waals surface area contributed by atoms with E-state index in [1.54, 1.807) is 24.3 Å². The maximum Gasteiger partial charge on any atom is 0.310 e. The van der Waals surface area contributed by atoms with Crippen molar-refractivity contribution in [1.29, 1.82) is 5.26 Å². The highest BCUT2D eigenvalue weighted by Gasteiger charge is 2.08. The van der Waals surface area contributed by atoms with Crippen LogP contribution in [0.3, 0.4) is 0 Å². The van der Waals surface area contributed by atoms with Crippen molar-refractivity contribution in [3.05, 3.63) is 87.7 Å². The molecular formula is C25H26N4O3. The Bertz CT molecular complexity index is 1180. The van der Waals surface area contributed by atoms with Crippen LogP contribution in [0.5, 0.6) is 0 Å². The molecule has 1 aromatic heterocycles. The minimum absolute atomic E-state index is 0.180. The number of carbonyl (C=O) groups is 1. The molecule has 0 atom stereocenters. The summed E-state index contributed by atoms with van der Waals surface area (Å²) in [5.74, 6) is -0.268. The Labute approximate surface area is 187 Å². The van der Waals surface area contributed by atoms with Gasteiger partial charge in [0.15, 0.2) is 0 Å². The van der Waals surface area contributed by atoms with Crippen molar-refractivity contribution in [3.63, 3.8) is 0 Å². The summed E-state index contributed by atoms with van der Waals surface area (Å²) in [5.41, 5.74) is 3.37. The van der Waals surface area contributed by atoms with E-state index in [4.69, 9.17) is 10.00 Å². The van der Waals surface area contributed by atoms with Gasteiger partial charge in [0, 0.05) is 18.2 Å². The molecule has 0 aliphatic carbocycles. The quantitative estimate of drug-likeness (QED) is 0.383. The molecule has 0 saturated carbocycles. The molecule has 0 saturated heterocycles. The van der Waals surface area contributed by atoms with Gasteiger partial charge in [0.05, 0.1) is 36.9 Å². The number of hydrogen-bond acceptors (Lipinski definition) is 6. The van der Waals surface area contributed by atoms with E-state index in [-0.39, 0.29) is 24.5 Å². The number of esters is 1. The fraction of sp³-hybridized carbons (Fsp3) is 0.280. The molecular weight excluding hydrogens is 404 g/mol. The van der Waals surface area contributed by atoms with Gasteiger partial charge in [-0.25, -0.2) is 4.68 Å². The molecule has 3 aromatic rings. The molecule has 7 heteroatoms. The highest BCUT2D eigenvalue weighted by Crippen LogP contribution is 2.17. The Morgan fingerprint density at radius 2 is 1.88 bits per heavy atom. The van der Waals surface area contributed by atoms with Crippen LogP contribution in [0, 0.1) is 11.3 Å². The van der Waals surface area contributed by atoms with Gasteiger partial charge in [-0.1, -0.05) is 36.4 Å². The van der Waals surface area contributed by atoms with Crippen LogP contribution in [0.15, 0.2) is 65.5 Å². The second kappa shape index (κ2) is 11.0. The predicted molar refractivity (Wildman–Crippen MR) is 122 cm³/mol. The molecule has 1 heterocycles. The topological polar surface area (TPSA) is 88.2 Å². The maximum absolute atomic E-state index is 12.4. The second-order valence-corrected chi connectivity index (χ2v) is 7.78. The lowest BCUT2D eigenvalue weighted by Crippen LogP contribution is -2.23. The van der Waals surface area contributed by atoms with Gasteiger partial charge in [0.25, 0.3) is 5.56 Å². The summed E-state index contributed by atoms with van der Waals surface area (Å²) < 4.78 is 6.68. The lowest BCUT2D eigenvalue weighted by molar-refractivity contribution is -0.143. The van der Waals surface area contributed by atoms with Crippen molar-refractivity contribution < 1.29 is 9.53 Å². The van der Waals surface area contributed by atoms with Crippen LogP contribution >= 0.6 is 0 Å². The summed E-state index contributed by atoms with van der Waals surface area (Å²) in [6.45, 7) is 1.54. The summed E-state index contributed by atoms with van der Waals surface area (Å²) in [5, 5.41) is 13.6. The smallest absolute Gasteiger partial charge is 0.310 e. The third kappa shape index (κ3) is 6.62. The van der Waals surface area contributed by atoms with Crippen molar-refractivity contribution in [1.82, 2.24) is 14.7 Å². The molecule has 164 valence electrons. The van der Waals surface area contributed by atoms with Gasteiger partial charge in [-0.2, -0.15) is 10.4 Å². The standard InChI is InChI=1S/C25H26N4O3/c1-28(2)12-5-13-32-25(31)16-19-6-3-8-21(14-19)18-29-24(30)11-10-23(27-29)22-9-4-7-20(15-22)17-26/h3-4,6-11,14-15H,5,12-13,16,18H2,1-2H3. The number of nitrogens with zero attached hydrogens (tertiary/aromatic N) is 4. The zero-order valence-electron chi connectivity index (χ0n) is 18.3. The van der Waals surface area contributed by atoms with Crippen molar-refractivity contribution in [2.45, 2.75) is 19.4 Å². The van der Waals surface area contributed by atoms with Crippen LogP contribution in [0.2, 0.25) is 0 Å². The molecule has 0 bridgehead atoms. The zero-order chi connectivity index (χ0) is 22.9. The van der Waals surface area contributed by atoms with Crippen molar-refractivity contribution >= 4 is 5.97 Å². The number of nitriles is 1. The number of carbonyl (C=O) groups excluding carboxylic acids is 1. The largest absolute Gasteiger partial charge is 0.465 e. The van der Waals surface area contributed by atoms with Crippen LogP contribution in [-0.4, -0.2) is 47.9 Å². The number of hydrogen-bond donors (Lipinski definition) is 0. The molecule has 0 N–H and O–H groups in total. The van der Waals surface area contributed by atoms with Gasteiger partial charge < -0.3 is 9.64 Å². The van der Waals surface area contributed by atoms with Gasteiger partial charge in [0.2, 0.25) is 0 Å². The minimum atomic E-state index is -0.268. The molecule has 0 unspecified atom stereocenters. The average molecular weight is 431 g/mol. The highest BCUT2D eigenvalue weighted by molar-refractivity contribution is 5.72. The molecule has 0 spiro atoms. The van der Waals surface area contributed by atoms with Gasteiger partial charge in [-0.05, 0) is 49.8 Å². The molecule has 0 radical (unpaired) electrons. The Hall–Kier alpha value is -3.76. The van der Waals surface area contributed by atoms with Crippen LogP contribution in [0.4, 0.5) is 0 Å². The first-order chi connectivity index (χ1) is 15.4. The van der Waals surface area contributed by atoms with E-state index in [2.05, 4.69) is 11.2 Å². The number of benzene rings is 2. The summed E-state index contributed by atoms with van der Waals surface area (Å²) in [4.78, 5) is 26.5. The summed E-state index contributed by atoms with van der Waals surface area (Å²) >= 11 is 0. The third-order valence-corrected chi connectivity index (χ3v) is 4.84. The fourth-order valence-electron chi connectivity index (χ4n) is 3.26. The Morgan fingerprint density at radius 3 is 2.66 bits per heavy atom. The maximum atomic E-state index is 12.4. The number of ether oxygens (including phenoxy) is 1. The molecule has 0 aliphatic rings. The SMILES string of the molecule is CN(C)CCCOC(=O)Cc1cccc(Cn2nc(-c3cccc(C#N)c3)ccc2=O)c1. The van der Waals surface area contributed by atoms with E-state index < -0.39 is 0 Å². The first kappa shape index (κ1) is 22.9. The second-order valence-electron chi connectivity index (χ2n) is 7.78.